The average Bonchev–Trinajstić information content (AvgIpc) is 2.50. The maximum Gasteiger partial charge on any atom is 0.227 e. The standard InChI is InChI=1S/C17H26N2O2/c1-13-3-4-15(14(2)11-13)5-8-19-16(20)17(12-18)6-9-21-10-7-17/h3-4,11H,5-10,12,18H2,1-2H3,(H,19,20). The molecule has 3 N–H and O–H groups in total. The molecule has 1 aromatic carbocycles. The van der Waals surface area contributed by atoms with Crippen LogP contribution in [-0.2, 0) is 16.0 Å². The minimum absolute atomic E-state index is 0.0815. The first-order valence-electron chi connectivity index (χ1n) is 7.70. The molecule has 1 fully saturated rings. The van der Waals surface area contributed by atoms with E-state index in [1.165, 1.54) is 16.7 Å². The quantitative estimate of drug-likeness (QED) is 0.868. The summed E-state index contributed by atoms with van der Waals surface area (Å²) in [7, 11) is 0. The fraction of sp³-hybridized carbons (Fsp3) is 0.588. The normalized spacial score (nSPS) is 17.5. The zero-order valence-electron chi connectivity index (χ0n) is 13.1. The number of benzene rings is 1. The highest BCUT2D eigenvalue weighted by Crippen LogP contribution is 2.29. The monoisotopic (exact) mass is 290 g/mol. The second kappa shape index (κ2) is 7.05. The summed E-state index contributed by atoms with van der Waals surface area (Å²) in [4.78, 5) is 12.4. The van der Waals surface area contributed by atoms with Crippen LogP contribution in [0.1, 0.15) is 29.5 Å². The SMILES string of the molecule is Cc1ccc(CCNC(=O)C2(CN)CCOCC2)c(C)c1. The fourth-order valence-electron chi connectivity index (χ4n) is 2.91. The van der Waals surface area contributed by atoms with Crippen molar-refractivity contribution in [3.05, 3.63) is 34.9 Å². The first-order chi connectivity index (χ1) is 10.1. The third kappa shape index (κ3) is 3.83. The Hall–Kier alpha value is -1.39. The van der Waals surface area contributed by atoms with Crippen molar-refractivity contribution >= 4 is 5.91 Å². The van der Waals surface area contributed by atoms with Crippen molar-refractivity contribution in [2.24, 2.45) is 11.1 Å². The minimum Gasteiger partial charge on any atom is -0.381 e. The van der Waals surface area contributed by atoms with Crippen molar-refractivity contribution < 1.29 is 9.53 Å². The number of carbonyl (C=O) groups excluding carboxylic acids is 1. The highest BCUT2D eigenvalue weighted by molar-refractivity contribution is 5.83. The van der Waals surface area contributed by atoms with Gasteiger partial charge in [-0.15, -0.1) is 0 Å². The topological polar surface area (TPSA) is 64.4 Å². The number of nitrogens with one attached hydrogen (secondary N) is 1. The molecule has 1 aliphatic rings. The Morgan fingerprint density at radius 2 is 2.05 bits per heavy atom. The van der Waals surface area contributed by atoms with Gasteiger partial charge in [0.2, 0.25) is 5.91 Å². The first kappa shape index (κ1) is 16.0. The van der Waals surface area contributed by atoms with Gasteiger partial charge in [-0.1, -0.05) is 23.8 Å². The number of rotatable bonds is 5. The molecule has 0 spiro atoms. The summed E-state index contributed by atoms with van der Waals surface area (Å²) in [6.07, 6.45) is 2.30. The fourth-order valence-corrected chi connectivity index (χ4v) is 2.91. The number of hydrogen-bond acceptors (Lipinski definition) is 3. The smallest absolute Gasteiger partial charge is 0.227 e. The maximum atomic E-state index is 12.4. The van der Waals surface area contributed by atoms with Crippen molar-refractivity contribution in [2.45, 2.75) is 33.1 Å². The molecule has 0 bridgehead atoms. The third-order valence-electron chi connectivity index (χ3n) is 4.50. The highest BCUT2D eigenvalue weighted by Gasteiger charge is 2.38. The van der Waals surface area contributed by atoms with Crippen molar-refractivity contribution in [1.29, 1.82) is 0 Å². The van der Waals surface area contributed by atoms with E-state index in [1.54, 1.807) is 0 Å². The Morgan fingerprint density at radius 1 is 1.33 bits per heavy atom. The number of carbonyl (C=O) groups is 1. The van der Waals surface area contributed by atoms with E-state index in [0.717, 1.165) is 19.3 Å². The number of hydrogen-bond donors (Lipinski definition) is 2. The predicted octanol–water partition coefficient (Wildman–Crippen LogP) is 1.72. The number of nitrogens with two attached hydrogens (primary N) is 1. The molecular formula is C17H26N2O2. The van der Waals surface area contributed by atoms with Crippen LogP contribution in [0.15, 0.2) is 18.2 Å². The third-order valence-corrected chi connectivity index (χ3v) is 4.50. The van der Waals surface area contributed by atoms with Gasteiger partial charge in [-0.3, -0.25) is 4.79 Å². The van der Waals surface area contributed by atoms with Crippen LogP contribution >= 0.6 is 0 Å². The molecule has 116 valence electrons. The summed E-state index contributed by atoms with van der Waals surface area (Å²) in [5.74, 6) is 0.0815. The van der Waals surface area contributed by atoms with Gasteiger partial charge in [-0.2, -0.15) is 0 Å². The van der Waals surface area contributed by atoms with E-state index in [4.69, 9.17) is 10.5 Å². The van der Waals surface area contributed by atoms with E-state index in [0.29, 0.717) is 26.3 Å². The molecule has 4 heteroatoms. The van der Waals surface area contributed by atoms with Crippen LogP contribution in [0.4, 0.5) is 0 Å². The van der Waals surface area contributed by atoms with Crippen LogP contribution in [0.3, 0.4) is 0 Å². The molecule has 1 amide bonds. The summed E-state index contributed by atoms with van der Waals surface area (Å²) in [5, 5.41) is 3.06. The van der Waals surface area contributed by atoms with Crippen LogP contribution in [0, 0.1) is 19.3 Å². The van der Waals surface area contributed by atoms with Gasteiger partial charge in [0.05, 0.1) is 5.41 Å². The second-order valence-electron chi connectivity index (χ2n) is 6.03. The van der Waals surface area contributed by atoms with E-state index in [9.17, 15) is 4.79 Å². The number of amides is 1. The summed E-state index contributed by atoms with van der Waals surface area (Å²) >= 11 is 0. The van der Waals surface area contributed by atoms with Gasteiger partial charge in [-0.05, 0) is 44.2 Å². The van der Waals surface area contributed by atoms with Gasteiger partial charge >= 0.3 is 0 Å². The van der Waals surface area contributed by atoms with Crippen LogP contribution in [0.2, 0.25) is 0 Å². The van der Waals surface area contributed by atoms with Crippen molar-refractivity contribution in [3.8, 4) is 0 Å². The van der Waals surface area contributed by atoms with Crippen molar-refractivity contribution in [2.75, 3.05) is 26.3 Å². The molecule has 1 heterocycles. The Bertz CT molecular complexity index is 494. The predicted molar refractivity (Wildman–Crippen MR) is 84.2 cm³/mol. The van der Waals surface area contributed by atoms with Crippen LogP contribution in [-0.4, -0.2) is 32.2 Å². The van der Waals surface area contributed by atoms with Crippen molar-refractivity contribution in [3.63, 3.8) is 0 Å². The van der Waals surface area contributed by atoms with Crippen LogP contribution in [0.25, 0.3) is 0 Å². The zero-order valence-corrected chi connectivity index (χ0v) is 13.1. The van der Waals surface area contributed by atoms with Gasteiger partial charge < -0.3 is 15.8 Å². The number of ether oxygens (including phenoxy) is 1. The largest absolute Gasteiger partial charge is 0.381 e. The van der Waals surface area contributed by atoms with Gasteiger partial charge in [0.25, 0.3) is 0 Å². The van der Waals surface area contributed by atoms with E-state index in [2.05, 4.69) is 37.4 Å². The van der Waals surface area contributed by atoms with Crippen molar-refractivity contribution in [1.82, 2.24) is 5.32 Å². The molecule has 4 nitrogen and oxygen atoms in total. The highest BCUT2D eigenvalue weighted by atomic mass is 16.5. The average molecular weight is 290 g/mol. The lowest BCUT2D eigenvalue weighted by atomic mass is 9.79. The lowest BCUT2D eigenvalue weighted by molar-refractivity contribution is -0.135. The lowest BCUT2D eigenvalue weighted by Crippen LogP contribution is -2.49. The lowest BCUT2D eigenvalue weighted by Gasteiger charge is -2.34. The number of aryl methyl sites for hydroxylation is 2. The molecule has 0 aliphatic carbocycles. The van der Waals surface area contributed by atoms with Crippen LogP contribution in [0.5, 0.6) is 0 Å². The Morgan fingerprint density at radius 3 is 2.67 bits per heavy atom. The summed E-state index contributed by atoms with van der Waals surface area (Å²) in [6.45, 7) is 6.51. The van der Waals surface area contributed by atoms with E-state index in [1.807, 2.05) is 0 Å². The van der Waals surface area contributed by atoms with E-state index < -0.39 is 5.41 Å². The second-order valence-corrected chi connectivity index (χ2v) is 6.03. The van der Waals surface area contributed by atoms with E-state index in [-0.39, 0.29) is 5.91 Å². The van der Waals surface area contributed by atoms with Gasteiger partial charge in [0, 0.05) is 26.3 Å². The molecule has 0 radical (unpaired) electrons. The molecule has 21 heavy (non-hydrogen) atoms. The molecule has 1 aliphatic heterocycles. The van der Waals surface area contributed by atoms with Gasteiger partial charge in [0.1, 0.15) is 0 Å². The Balaban J connectivity index is 1.88. The Labute approximate surface area is 127 Å². The molecular weight excluding hydrogens is 264 g/mol. The van der Waals surface area contributed by atoms with E-state index >= 15 is 0 Å². The van der Waals surface area contributed by atoms with Gasteiger partial charge in [0.15, 0.2) is 0 Å². The first-order valence-corrected chi connectivity index (χ1v) is 7.70. The summed E-state index contributed by atoms with van der Waals surface area (Å²) in [6, 6.07) is 6.44. The zero-order chi connectivity index (χ0) is 15.3. The molecule has 0 aromatic heterocycles. The minimum atomic E-state index is -0.430. The van der Waals surface area contributed by atoms with Gasteiger partial charge in [-0.25, -0.2) is 0 Å². The summed E-state index contributed by atoms with van der Waals surface area (Å²) < 4.78 is 5.34. The molecule has 1 aromatic rings. The molecule has 2 rings (SSSR count). The Kier molecular flexibility index (Phi) is 5.37. The molecule has 0 unspecified atom stereocenters. The maximum absolute atomic E-state index is 12.4. The molecule has 0 atom stereocenters. The van der Waals surface area contributed by atoms with Crippen LogP contribution < -0.4 is 11.1 Å². The molecule has 0 saturated carbocycles. The summed E-state index contributed by atoms with van der Waals surface area (Å²) in [5.41, 5.74) is 9.25. The molecule has 1 saturated heterocycles.